The Labute approximate surface area is 172 Å². The van der Waals surface area contributed by atoms with Gasteiger partial charge in [0.05, 0.1) is 22.5 Å². The highest BCUT2D eigenvalue weighted by Crippen LogP contribution is 2.40. The summed E-state index contributed by atoms with van der Waals surface area (Å²) in [5.41, 5.74) is 3.10. The Bertz CT molecular complexity index is 1120. The van der Waals surface area contributed by atoms with Crippen LogP contribution in [0, 0.1) is 6.92 Å². The third-order valence-electron chi connectivity index (χ3n) is 4.50. The molecule has 6 heteroatoms. The van der Waals surface area contributed by atoms with Crippen LogP contribution in [0.25, 0.3) is 0 Å². The molecule has 0 atom stereocenters. The lowest BCUT2D eigenvalue weighted by atomic mass is 9.82. The Kier molecular flexibility index (Phi) is 4.40. The second-order valence-electron chi connectivity index (χ2n) is 6.31. The van der Waals surface area contributed by atoms with Crippen molar-refractivity contribution < 1.29 is 14.7 Å². The van der Waals surface area contributed by atoms with Gasteiger partial charge >= 0.3 is 0 Å². The van der Waals surface area contributed by atoms with Crippen molar-refractivity contribution in [3.05, 3.63) is 85.3 Å². The van der Waals surface area contributed by atoms with Crippen molar-refractivity contribution in [2.45, 2.75) is 6.92 Å². The van der Waals surface area contributed by atoms with Crippen LogP contribution in [0.15, 0.2) is 57.5 Å². The topological polar surface area (TPSA) is 66.4 Å². The number of halogens is 2. The van der Waals surface area contributed by atoms with Gasteiger partial charge in [-0.15, -0.1) is 0 Å². The number of carbonyl (C=O) groups excluding carboxylic acids is 2. The average Bonchev–Trinajstić information content (AvgIpc) is 2.63. The first-order valence-electron chi connectivity index (χ1n) is 8.15. The molecule has 0 saturated heterocycles. The number of nitrogens with one attached hydrogen (secondary N) is 1. The number of phenolic OH excluding ortho intramolecular Hbond substituents is 1. The lowest BCUT2D eigenvalue weighted by Crippen LogP contribution is -2.22. The van der Waals surface area contributed by atoms with Crippen molar-refractivity contribution >= 4 is 54.8 Å². The number of fused-ring (bicyclic) bond motifs is 2. The highest BCUT2D eigenvalue weighted by molar-refractivity contribution is 9.11. The van der Waals surface area contributed by atoms with Gasteiger partial charge in [0, 0.05) is 20.1 Å². The van der Waals surface area contributed by atoms with Crippen molar-refractivity contribution in [3.8, 4) is 5.75 Å². The minimum atomic E-state index is -0.358. The fourth-order valence-electron chi connectivity index (χ4n) is 3.26. The molecule has 0 saturated carbocycles. The molecule has 0 aromatic heterocycles. The van der Waals surface area contributed by atoms with Crippen molar-refractivity contribution in [2.75, 3.05) is 5.32 Å². The summed E-state index contributed by atoms with van der Waals surface area (Å²) in [5, 5.41) is 13.5. The van der Waals surface area contributed by atoms with Gasteiger partial charge in [-0.3, -0.25) is 9.59 Å². The number of hydrogen-bond acceptors (Lipinski definition) is 4. The summed E-state index contributed by atoms with van der Waals surface area (Å²) in [7, 11) is 0. The predicted molar refractivity (Wildman–Crippen MR) is 111 cm³/mol. The molecule has 0 unspecified atom stereocenters. The maximum atomic E-state index is 13.1. The highest BCUT2D eigenvalue weighted by Gasteiger charge is 2.34. The highest BCUT2D eigenvalue weighted by atomic mass is 79.9. The van der Waals surface area contributed by atoms with Gasteiger partial charge in [-0.05, 0) is 68.6 Å². The van der Waals surface area contributed by atoms with Crippen molar-refractivity contribution in [1.29, 1.82) is 0 Å². The quantitative estimate of drug-likeness (QED) is 0.354. The van der Waals surface area contributed by atoms with Crippen LogP contribution >= 0.6 is 31.9 Å². The number of aromatic hydroxyl groups is 1. The van der Waals surface area contributed by atoms with Crippen LogP contribution in [0.5, 0.6) is 5.75 Å². The normalized spacial score (nSPS) is 12.6. The lowest BCUT2D eigenvalue weighted by molar-refractivity contribution is 0.0977. The first-order valence-corrected chi connectivity index (χ1v) is 9.74. The summed E-state index contributed by atoms with van der Waals surface area (Å²) in [6.07, 6.45) is 0. The fourth-order valence-corrected chi connectivity index (χ4v) is 4.88. The molecule has 0 amide bonds. The molecule has 1 aliphatic carbocycles. The zero-order chi connectivity index (χ0) is 19.3. The Morgan fingerprint density at radius 2 is 1.41 bits per heavy atom. The molecule has 0 fully saturated rings. The van der Waals surface area contributed by atoms with Crippen LogP contribution in [0.2, 0.25) is 0 Å². The largest absolute Gasteiger partial charge is 0.507 e. The zero-order valence-corrected chi connectivity index (χ0v) is 17.3. The SMILES string of the molecule is Cc1cc(Br)c(Nc2ccc(O)c3c2C(=O)c2ccccc2C3=O)c(Br)c1. The Hall–Kier alpha value is -2.44. The monoisotopic (exact) mass is 485 g/mol. The van der Waals surface area contributed by atoms with Crippen LogP contribution in [0.3, 0.4) is 0 Å². The van der Waals surface area contributed by atoms with E-state index in [0.29, 0.717) is 16.8 Å². The molecule has 2 N–H and O–H groups in total. The van der Waals surface area contributed by atoms with Crippen LogP contribution in [0.1, 0.15) is 37.4 Å². The van der Waals surface area contributed by atoms with Gasteiger partial charge in [-0.1, -0.05) is 24.3 Å². The number of aryl methyl sites for hydroxylation is 1. The molecule has 4 rings (SSSR count). The molecular weight excluding hydrogens is 474 g/mol. The minimum absolute atomic E-state index is 0.0306. The van der Waals surface area contributed by atoms with Crippen molar-refractivity contribution in [2.24, 2.45) is 0 Å². The molecule has 0 aliphatic heterocycles. The summed E-state index contributed by atoms with van der Waals surface area (Å²) in [6, 6.07) is 13.6. The molecule has 0 heterocycles. The van der Waals surface area contributed by atoms with Gasteiger partial charge in [0.1, 0.15) is 5.75 Å². The molecule has 1 aliphatic rings. The standard InChI is InChI=1S/C21H13Br2NO3/c1-10-8-13(22)19(14(23)9-10)24-15-6-7-16(25)18-17(15)20(26)11-4-2-3-5-12(11)21(18)27/h2-9,24-25H,1H3. The smallest absolute Gasteiger partial charge is 0.198 e. The van der Waals surface area contributed by atoms with E-state index in [9.17, 15) is 14.7 Å². The molecule has 3 aromatic rings. The molecular formula is C21H13Br2NO3. The second-order valence-corrected chi connectivity index (χ2v) is 8.02. The number of phenols is 1. The van der Waals surface area contributed by atoms with Crippen LogP contribution in [0.4, 0.5) is 11.4 Å². The molecule has 3 aromatic carbocycles. The van der Waals surface area contributed by atoms with E-state index in [4.69, 9.17) is 0 Å². The number of anilines is 2. The van der Waals surface area contributed by atoms with E-state index in [1.165, 1.54) is 6.07 Å². The van der Waals surface area contributed by atoms with Crippen LogP contribution in [-0.2, 0) is 0 Å². The number of rotatable bonds is 2. The minimum Gasteiger partial charge on any atom is -0.507 e. The van der Waals surface area contributed by atoms with Gasteiger partial charge < -0.3 is 10.4 Å². The van der Waals surface area contributed by atoms with Crippen LogP contribution < -0.4 is 5.32 Å². The second kappa shape index (κ2) is 6.62. The number of benzene rings is 3. The molecule has 27 heavy (non-hydrogen) atoms. The predicted octanol–water partition coefficient (Wildman–Crippen LogP) is 5.74. The van der Waals surface area contributed by atoms with E-state index in [0.717, 1.165) is 20.2 Å². The maximum Gasteiger partial charge on any atom is 0.198 e. The Balaban J connectivity index is 1.91. The molecule has 0 radical (unpaired) electrons. The summed E-state index contributed by atoms with van der Waals surface area (Å²) >= 11 is 7.05. The summed E-state index contributed by atoms with van der Waals surface area (Å²) in [4.78, 5) is 26.0. The average molecular weight is 487 g/mol. The molecule has 0 bridgehead atoms. The maximum absolute atomic E-state index is 13.1. The first kappa shape index (κ1) is 17.9. The Morgan fingerprint density at radius 1 is 0.852 bits per heavy atom. The van der Waals surface area contributed by atoms with Gasteiger partial charge in [0.2, 0.25) is 0 Å². The molecule has 0 spiro atoms. The fraction of sp³-hybridized carbons (Fsp3) is 0.0476. The number of ketones is 2. The van der Waals surface area contributed by atoms with E-state index in [-0.39, 0.29) is 28.4 Å². The molecule has 134 valence electrons. The number of carbonyl (C=O) groups is 2. The zero-order valence-electron chi connectivity index (χ0n) is 14.1. The van der Waals surface area contributed by atoms with E-state index in [1.807, 2.05) is 19.1 Å². The summed E-state index contributed by atoms with van der Waals surface area (Å²) in [5.74, 6) is -0.855. The van der Waals surface area contributed by atoms with Crippen molar-refractivity contribution in [1.82, 2.24) is 0 Å². The van der Waals surface area contributed by atoms with E-state index in [2.05, 4.69) is 37.2 Å². The summed E-state index contributed by atoms with van der Waals surface area (Å²) in [6.45, 7) is 1.97. The third-order valence-corrected chi connectivity index (χ3v) is 5.75. The van der Waals surface area contributed by atoms with Crippen molar-refractivity contribution in [3.63, 3.8) is 0 Å². The first-order chi connectivity index (χ1) is 12.9. The van der Waals surface area contributed by atoms with Crippen LogP contribution in [-0.4, -0.2) is 16.7 Å². The van der Waals surface area contributed by atoms with E-state index in [1.54, 1.807) is 30.3 Å². The van der Waals surface area contributed by atoms with Gasteiger partial charge in [0.25, 0.3) is 0 Å². The number of hydrogen-bond donors (Lipinski definition) is 2. The van der Waals surface area contributed by atoms with Gasteiger partial charge in [-0.2, -0.15) is 0 Å². The Morgan fingerprint density at radius 3 is 2.00 bits per heavy atom. The third kappa shape index (κ3) is 2.89. The van der Waals surface area contributed by atoms with E-state index < -0.39 is 0 Å². The lowest BCUT2D eigenvalue weighted by Gasteiger charge is -2.22. The summed E-state index contributed by atoms with van der Waals surface area (Å²) < 4.78 is 1.62. The van der Waals surface area contributed by atoms with E-state index >= 15 is 0 Å². The molecule has 4 nitrogen and oxygen atoms in total. The van der Waals surface area contributed by atoms with Gasteiger partial charge in [-0.25, -0.2) is 0 Å². The van der Waals surface area contributed by atoms with Gasteiger partial charge in [0.15, 0.2) is 11.6 Å².